The second-order valence-corrected chi connectivity index (χ2v) is 11.9. The Hall–Kier alpha value is -4.30. The highest BCUT2D eigenvalue weighted by molar-refractivity contribution is 5.87. The van der Waals surface area contributed by atoms with E-state index < -0.39 is 11.9 Å². The van der Waals surface area contributed by atoms with Crippen molar-refractivity contribution in [3.8, 4) is 11.5 Å². The van der Waals surface area contributed by atoms with Crippen LogP contribution in [0.5, 0.6) is 11.5 Å². The summed E-state index contributed by atoms with van der Waals surface area (Å²) in [6.45, 7) is 5.90. The number of hydrogen-bond acceptors (Lipinski definition) is 6. The maximum absolute atomic E-state index is 11.2. The highest BCUT2D eigenvalue weighted by atomic mass is 16.5. The van der Waals surface area contributed by atoms with Gasteiger partial charge in [-0.05, 0) is 86.9 Å². The number of piperazine rings is 1. The molecule has 3 aromatic carbocycles. The van der Waals surface area contributed by atoms with E-state index in [9.17, 15) is 14.7 Å². The van der Waals surface area contributed by atoms with Crippen LogP contribution >= 0.6 is 0 Å². The average molecular weight is 629 g/mol. The molecule has 1 aliphatic heterocycles. The molecule has 0 bridgehead atoms. The fourth-order valence-corrected chi connectivity index (χ4v) is 5.92. The molecule has 0 spiro atoms. The van der Waals surface area contributed by atoms with E-state index in [1.54, 1.807) is 19.2 Å². The zero-order valence-corrected chi connectivity index (χ0v) is 27.0. The number of carboxylic acid groups (broad SMARTS) is 2. The standard InChI is InChI=1S/C38H48N2O6/c1-45-36-15-7-5-13-34(36)40-26-24-39(25-27-40)23-9-2-10-28-46-35-14-6-4-12-32(35)20-17-30(11-3-8-16-37(41)42)29-31-18-21-33(22-19-31)38(43)44/h4-7,12-15,17-22,30H,2-3,8-11,16,23-29H2,1H3,(H,41,42)(H,43,44). The Balaban J connectivity index is 1.22. The molecule has 46 heavy (non-hydrogen) atoms. The van der Waals surface area contributed by atoms with Crippen LogP contribution in [-0.4, -0.2) is 73.5 Å². The number of ether oxygens (including phenoxy) is 2. The summed E-state index contributed by atoms with van der Waals surface area (Å²) in [6.07, 6.45) is 10.8. The smallest absolute Gasteiger partial charge is 0.335 e. The lowest BCUT2D eigenvalue weighted by Crippen LogP contribution is -2.46. The number of carboxylic acids is 2. The Morgan fingerprint density at radius 1 is 0.826 bits per heavy atom. The molecule has 2 N–H and O–H groups in total. The van der Waals surface area contributed by atoms with Crippen LogP contribution in [0.15, 0.2) is 78.9 Å². The van der Waals surface area contributed by atoms with Gasteiger partial charge in [0.2, 0.25) is 0 Å². The molecule has 1 atom stereocenters. The topological polar surface area (TPSA) is 99.5 Å². The van der Waals surface area contributed by atoms with Gasteiger partial charge in [0, 0.05) is 38.2 Å². The van der Waals surface area contributed by atoms with Gasteiger partial charge >= 0.3 is 11.9 Å². The lowest BCUT2D eigenvalue weighted by molar-refractivity contribution is -0.137. The van der Waals surface area contributed by atoms with Crippen molar-refractivity contribution in [1.82, 2.24) is 4.90 Å². The van der Waals surface area contributed by atoms with Gasteiger partial charge < -0.3 is 24.6 Å². The van der Waals surface area contributed by atoms with Gasteiger partial charge in [-0.15, -0.1) is 0 Å². The van der Waals surface area contributed by atoms with Gasteiger partial charge in [-0.3, -0.25) is 9.69 Å². The van der Waals surface area contributed by atoms with E-state index in [0.29, 0.717) is 13.0 Å². The molecule has 8 heteroatoms. The zero-order chi connectivity index (χ0) is 32.6. The summed E-state index contributed by atoms with van der Waals surface area (Å²) in [7, 11) is 1.73. The summed E-state index contributed by atoms with van der Waals surface area (Å²) in [5.41, 5.74) is 3.52. The van der Waals surface area contributed by atoms with E-state index in [2.05, 4.69) is 40.2 Å². The van der Waals surface area contributed by atoms with E-state index in [0.717, 1.165) is 93.9 Å². The van der Waals surface area contributed by atoms with Crippen molar-refractivity contribution in [3.63, 3.8) is 0 Å². The van der Waals surface area contributed by atoms with Crippen LogP contribution in [0.4, 0.5) is 5.69 Å². The van der Waals surface area contributed by atoms with Gasteiger partial charge in [0.05, 0.1) is 25.0 Å². The van der Waals surface area contributed by atoms with Crippen molar-refractivity contribution in [2.45, 2.75) is 51.4 Å². The molecule has 1 aliphatic rings. The molecule has 0 amide bonds. The molecular formula is C38H48N2O6. The number of carbonyl (C=O) groups is 2. The van der Waals surface area contributed by atoms with Crippen LogP contribution in [0.3, 0.4) is 0 Å². The summed E-state index contributed by atoms with van der Waals surface area (Å²) in [6, 6.07) is 23.3. The van der Waals surface area contributed by atoms with Crippen molar-refractivity contribution in [2.24, 2.45) is 5.92 Å². The number of aliphatic carboxylic acids is 1. The quantitative estimate of drug-likeness (QED) is 0.134. The first-order valence-corrected chi connectivity index (χ1v) is 16.5. The highest BCUT2D eigenvalue weighted by Crippen LogP contribution is 2.28. The van der Waals surface area contributed by atoms with Gasteiger partial charge in [0.25, 0.3) is 0 Å². The van der Waals surface area contributed by atoms with Gasteiger partial charge in [0.1, 0.15) is 11.5 Å². The summed E-state index contributed by atoms with van der Waals surface area (Å²) < 4.78 is 11.8. The summed E-state index contributed by atoms with van der Waals surface area (Å²) >= 11 is 0. The first-order chi connectivity index (χ1) is 22.4. The minimum absolute atomic E-state index is 0.168. The largest absolute Gasteiger partial charge is 0.495 e. The number of methoxy groups -OCH3 is 1. The number of rotatable bonds is 19. The van der Waals surface area contributed by atoms with Gasteiger partial charge in [-0.1, -0.05) is 61.0 Å². The van der Waals surface area contributed by atoms with E-state index in [-0.39, 0.29) is 17.9 Å². The van der Waals surface area contributed by atoms with Crippen LogP contribution in [0.25, 0.3) is 6.08 Å². The van der Waals surface area contributed by atoms with E-state index in [1.165, 1.54) is 5.69 Å². The van der Waals surface area contributed by atoms with Crippen LogP contribution in [0, 0.1) is 5.92 Å². The monoisotopic (exact) mass is 628 g/mol. The summed E-state index contributed by atoms with van der Waals surface area (Å²) in [5, 5.41) is 18.2. The second kappa shape index (κ2) is 18.6. The lowest BCUT2D eigenvalue weighted by Gasteiger charge is -2.36. The molecule has 246 valence electrons. The molecule has 1 unspecified atom stereocenters. The molecule has 1 fully saturated rings. The Morgan fingerprint density at radius 2 is 1.54 bits per heavy atom. The third-order valence-electron chi connectivity index (χ3n) is 8.56. The van der Waals surface area contributed by atoms with Crippen molar-refractivity contribution < 1.29 is 29.3 Å². The van der Waals surface area contributed by atoms with Crippen molar-refractivity contribution >= 4 is 23.7 Å². The number of unbranched alkanes of at least 4 members (excludes halogenated alkanes) is 3. The Labute approximate surface area is 273 Å². The molecule has 8 nitrogen and oxygen atoms in total. The molecule has 1 saturated heterocycles. The van der Waals surface area contributed by atoms with Crippen LogP contribution < -0.4 is 14.4 Å². The van der Waals surface area contributed by atoms with Crippen molar-refractivity contribution in [3.05, 3.63) is 95.6 Å². The zero-order valence-electron chi connectivity index (χ0n) is 27.0. The molecular weight excluding hydrogens is 580 g/mol. The van der Waals surface area contributed by atoms with Gasteiger partial charge in [-0.25, -0.2) is 4.79 Å². The van der Waals surface area contributed by atoms with E-state index >= 15 is 0 Å². The first-order valence-electron chi connectivity index (χ1n) is 16.5. The number of hydrogen-bond donors (Lipinski definition) is 2. The number of aromatic carboxylic acids is 1. The SMILES string of the molecule is COc1ccccc1N1CCN(CCCCCOc2ccccc2C=CC(CCCCC(=O)O)Cc2ccc(C(=O)O)cc2)CC1. The van der Waals surface area contributed by atoms with Gasteiger partial charge in [0.15, 0.2) is 0 Å². The first kappa shape index (κ1) is 34.6. The third kappa shape index (κ3) is 11.2. The molecule has 3 aromatic rings. The number of anilines is 1. The predicted molar refractivity (Wildman–Crippen MR) is 183 cm³/mol. The third-order valence-corrected chi connectivity index (χ3v) is 8.56. The molecule has 0 radical (unpaired) electrons. The van der Waals surface area contributed by atoms with Gasteiger partial charge in [-0.2, -0.15) is 0 Å². The van der Waals surface area contributed by atoms with E-state index in [1.807, 2.05) is 42.5 Å². The second-order valence-electron chi connectivity index (χ2n) is 11.9. The summed E-state index contributed by atoms with van der Waals surface area (Å²) in [5.74, 6) is 0.277. The predicted octanol–water partition coefficient (Wildman–Crippen LogP) is 7.28. The lowest BCUT2D eigenvalue weighted by atomic mass is 9.92. The number of benzene rings is 3. The van der Waals surface area contributed by atoms with Crippen molar-refractivity contribution in [2.75, 3.05) is 51.3 Å². The molecule has 1 heterocycles. The van der Waals surface area contributed by atoms with Crippen LogP contribution in [-0.2, 0) is 11.2 Å². The maximum atomic E-state index is 11.2. The van der Waals surface area contributed by atoms with Crippen LogP contribution in [0.2, 0.25) is 0 Å². The van der Waals surface area contributed by atoms with E-state index in [4.69, 9.17) is 14.6 Å². The Morgan fingerprint density at radius 3 is 2.26 bits per heavy atom. The molecule has 0 aliphatic carbocycles. The Bertz CT molecular complexity index is 1400. The normalized spacial score (nSPS) is 14.3. The minimum atomic E-state index is -0.937. The maximum Gasteiger partial charge on any atom is 0.335 e. The summed E-state index contributed by atoms with van der Waals surface area (Å²) in [4.78, 5) is 27.2. The number of nitrogens with zero attached hydrogens (tertiary/aromatic N) is 2. The molecule has 0 aromatic heterocycles. The average Bonchev–Trinajstić information content (AvgIpc) is 3.07. The fraction of sp³-hybridized carbons (Fsp3) is 0.421. The minimum Gasteiger partial charge on any atom is -0.495 e. The van der Waals surface area contributed by atoms with Crippen LogP contribution in [0.1, 0.15) is 66.4 Å². The fourth-order valence-electron chi connectivity index (χ4n) is 5.92. The van der Waals surface area contributed by atoms with Crippen molar-refractivity contribution in [1.29, 1.82) is 0 Å². The molecule has 4 rings (SSSR count). The number of para-hydroxylation sites is 3. The highest BCUT2D eigenvalue weighted by Gasteiger charge is 2.19. The number of allylic oxidation sites excluding steroid dienone is 1. The molecule has 0 saturated carbocycles. The Kier molecular flexibility index (Phi) is 14.0.